The lowest BCUT2D eigenvalue weighted by atomic mass is 10.1. The molecule has 0 bridgehead atoms. The van der Waals surface area contributed by atoms with Crippen molar-refractivity contribution in [2.45, 2.75) is 45.0 Å². The molecule has 1 fully saturated rings. The molecule has 1 aliphatic rings. The largest absolute Gasteiger partial charge is 0.444 e. The molecule has 0 spiro atoms. The smallest absolute Gasteiger partial charge is 0.417 e. The van der Waals surface area contributed by atoms with Crippen LogP contribution in [0.3, 0.4) is 0 Å². The quantitative estimate of drug-likeness (QED) is 0.373. The van der Waals surface area contributed by atoms with Crippen LogP contribution in [0.2, 0.25) is 5.28 Å². The highest BCUT2D eigenvalue weighted by Gasteiger charge is 2.37. The molecule has 12 heteroatoms. The summed E-state index contributed by atoms with van der Waals surface area (Å²) in [6.07, 6.45) is -4.75. The molecule has 31 heavy (non-hydrogen) atoms. The lowest BCUT2D eigenvalue weighted by Gasteiger charge is -2.28. The van der Waals surface area contributed by atoms with Gasteiger partial charge in [-0.05, 0) is 60.8 Å². The Morgan fingerprint density at radius 2 is 1.97 bits per heavy atom. The number of amides is 1. The third kappa shape index (κ3) is 4.97. The molecule has 1 aliphatic heterocycles. The number of likely N-dealkylation sites (N-methyl/N-ethyl adjacent to an activating group) is 1. The van der Waals surface area contributed by atoms with Crippen LogP contribution in [0.5, 0.6) is 0 Å². The number of aromatic nitrogens is 2. The van der Waals surface area contributed by atoms with E-state index in [2.05, 4.69) is 25.9 Å². The van der Waals surface area contributed by atoms with E-state index in [0.29, 0.717) is 13.0 Å². The third-order valence-electron chi connectivity index (χ3n) is 4.83. The molecule has 3 rings (SSSR count). The molecule has 0 N–H and O–H groups in total. The second kappa shape index (κ2) is 8.23. The number of likely N-dealkylation sites (tertiary alicyclic amines) is 1. The Balaban J connectivity index is 1.99. The minimum Gasteiger partial charge on any atom is -0.444 e. The van der Waals surface area contributed by atoms with Crippen molar-refractivity contribution in [3.05, 3.63) is 27.2 Å². The summed E-state index contributed by atoms with van der Waals surface area (Å²) in [6, 6.07) is 0.508. The number of benzene rings is 1. The highest BCUT2D eigenvalue weighted by atomic mass is 79.9. The molecular weight excluding hydrogens is 508 g/mol. The van der Waals surface area contributed by atoms with E-state index in [9.17, 15) is 22.4 Å². The third-order valence-corrected chi connectivity index (χ3v) is 5.77. The predicted molar refractivity (Wildman–Crippen MR) is 112 cm³/mol. The van der Waals surface area contributed by atoms with Crippen molar-refractivity contribution in [2.24, 2.45) is 0 Å². The molecule has 0 aliphatic carbocycles. The maximum absolute atomic E-state index is 14.7. The summed E-state index contributed by atoms with van der Waals surface area (Å²) < 4.78 is 59.6. The Labute approximate surface area is 189 Å². The molecule has 1 atom stereocenters. The Morgan fingerprint density at radius 3 is 2.55 bits per heavy atom. The second-order valence-corrected chi connectivity index (χ2v) is 9.37. The second-order valence-electron chi connectivity index (χ2n) is 8.24. The molecule has 1 aromatic heterocycles. The maximum Gasteiger partial charge on any atom is 0.417 e. The van der Waals surface area contributed by atoms with Crippen LogP contribution in [0.15, 0.2) is 10.5 Å². The van der Waals surface area contributed by atoms with Gasteiger partial charge in [0.05, 0.1) is 10.0 Å². The number of alkyl halides is 3. The van der Waals surface area contributed by atoms with Gasteiger partial charge in [0.25, 0.3) is 0 Å². The SMILES string of the molecule is CN(c1nc(Cl)nc2c(F)c(Br)c(C(F)(F)F)cc12)[C@@H]1CCN(C(=O)OC(C)(C)C)C1. The summed E-state index contributed by atoms with van der Waals surface area (Å²) in [5.41, 5.74) is -2.17. The number of halogens is 6. The predicted octanol–water partition coefficient (Wildman–Crippen LogP) is 5.65. The standard InChI is InChI=1S/C19H20BrClF4N4O2/c1-18(2,3)31-17(30)29-6-5-9(8-29)28(4)15-10-7-11(19(23,24)25)12(20)13(22)14(10)26-16(21)27-15/h7,9H,5-6,8H2,1-4H3/t9-/m1/s1. The summed E-state index contributed by atoms with van der Waals surface area (Å²) in [5.74, 6) is -1.13. The van der Waals surface area contributed by atoms with Crippen LogP contribution >= 0.6 is 27.5 Å². The number of carbonyl (C=O) groups excluding carboxylic acids is 1. The fourth-order valence-electron chi connectivity index (χ4n) is 3.36. The van der Waals surface area contributed by atoms with E-state index in [0.717, 1.165) is 6.07 Å². The molecule has 1 saturated heterocycles. The minimum absolute atomic E-state index is 0.0444. The molecule has 2 aromatic rings. The maximum atomic E-state index is 14.7. The van der Waals surface area contributed by atoms with E-state index < -0.39 is 33.7 Å². The Kier molecular flexibility index (Phi) is 6.31. The van der Waals surface area contributed by atoms with Gasteiger partial charge in [-0.1, -0.05) is 0 Å². The summed E-state index contributed by atoms with van der Waals surface area (Å²) in [5, 5.41) is -0.433. The van der Waals surface area contributed by atoms with E-state index in [-0.39, 0.29) is 34.6 Å². The number of carbonyl (C=O) groups is 1. The van der Waals surface area contributed by atoms with Crippen LogP contribution in [0.25, 0.3) is 10.9 Å². The van der Waals surface area contributed by atoms with Crippen molar-refractivity contribution in [2.75, 3.05) is 25.0 Å². The molecule has 1 amide bonds. The Bertz CT molecular complexity index is 1030. The summed E-state index contributed by atoms with van der Waals surface area (Å²) in [7, 11) is 1.61. The minimum atomic E-state index is -4.79. The first-order valence-electron chi connectivity index (χ1n) is 9.32. The van der Waals surface area contributed by atoms with Gasteiger partial charge in [0, 0.05) is 31.6 Å². The van der Waals surface area contributed by atoms with Gasteiger partial charge >= 0.3 is 12.3 Å². The first kappa shape index (κ1) is 23.8. The molecule has 170 valence electrons. The molecule has 2 heterocycles. The summed E-state index contributed by atoms with van der Waals surface area (Å²) in [4.78, 5) is 23.3. The van der Waals surface area contributed by atoms with Crippen molar-refractivity contribution in [3.8, 4) is 0 Å². The summed E-state index contributed by atoms with van der Waals surface area (Å²) >= 11 is 8.61. The average molecular weight is 528 g/mol. The molecule has 6 nitrogen and oxygen atoms in total. The molecule has 1 aromatic carbocycles. The van der Waals surface area contributed by atoms with E-state index >= 15 is 0 Å². The van der Waals surface area contributed by atoms with Crippen LogP contribution in [-0.4, -0.2) is 52.7 Å². The first-order valence-corrected chi connectivity index (χ1v) is 10.5. The molecular formula is C19H20BrClF4N4O2. The fourth-order valence-corrected chi connectivity index (χ4v) is 4.05. The molecule has 0 radical (unpaired) electrons. The average Bonchev–Trinajstić information content (AvgIpc) is 3.12. The van der Waals surface area contributed by atoms with Gasteiger partial charge in [0.1, 0.15) is 16.9 Å². The first-order chi connectivity index (χ1) is 14.2. The van der Waals surface area contributed by atoms with Gasteiger partial charge in [0.2, 0.25) is 5.28 Å². The monoisotopic (exact) mass is 526 g/mol. The van der Waals surface area contributed by atoms with Gasteiger partial charge in [0.15, 0.2) is 5.82 Å². The zero-order valence-corrected chi connectivity index (χ0v) is 19.5. The zero-order valence-electron chi connectivity index (χ0n) is 17.1. The topological polar surface area (TPSA) is 58.6 Å². The molecule has 0 unspecified atom stereocenters. The lowest BCUT2D eigenvalue weighted by Crippen LogP contribution is -2.39. The van der Waals surface area contributed by atoms with Crippen molar-refractivity contribution < 1.29 is 27.1 Å². The van der Waals surface area contributed by atoms with Crippen LogP contribution in [-0.2, 0) is 10.9 Å². The normalized spacial score (nSPS) is 17.4. The van der Waals surface area contributed by atoms with Crippen molar-refractivity contribution in [1.29, 1.82) is 0 Å². The van der Waals surface area contributed by atoms with Crippen molar-refractivity contribution >= 4 is 50.3 Å². The Morgan fingerprint density at radius 1 is 1.32 bits per heavy atom. The van der Waals surface area contributed by atoms with Gasteiger partial charge in [-0.3, -0.25) is 0 Å². The number of rotatable bonds is 2. The van der Waals surface area contributed by atoms with Gasteiger partial charge in [-0.2, -0.15) is 18.2 Å². The highest BCUT2D eigenvalue weighted by Crippen LogP contribution is 2.41. The van der Waals surface area contributed by atoms with E-state index in [1.54, 1.807) is 32.7 Å². The van der Waals surface area contributed by atoms with E-state index in [1.807, 2.05) is 0 Å². The number of anilines is 1. The number of ether oxygens (including phenoxy) is 1. The van der Waals surface area contributed by atoms with Crippen LogP contribution in [0, 0.1) is 5.82 Å². The van der Waals surface area contributed by atoms with E-state index in [1.165, 1.54) is 4.90 Å². The van der Waals surface area contributed by atoms with Crippen LogP contribution < -0.4 is 4.90 Å². The van der Waals surface area contributed by atoms with Gasteiger partial charge in [-0.25, -0.2) is 14.2 Å². The number of hydrogen-bond donors (Lipinski definition) is 0. The van der Waals surface area contributed by atoms with Crippen molar-refractivity contribution in [1.82, 2.24) is 14.9 Å². The Hall–Kier alpha value is -1.88. The van der Waals surface area contributed by atoms with Gasteiger partial charge in [-0.15, -0.1) is 0 Å². The van der Waals surface area contributed by atoms with Crippen LogP contribution in [0.4, 0.5) is 28.2 Å². The fraction of sp³-hybridized carbons (Fsp3) is 0.526. The number of hydrogen-bond acceptors (Lipinski definition) is 5. The van der Waals surface area contributed by atoms with Gasteiger partial charge < -0.3 is 14.5 Å². The molecule has 0 saturated carbocycles. The number of fused-ring (bicyclic) bond motifs is 1. The summed E-state index contributed by atoms with van der Waals surface area (Å²) in [6.45, 7) is 5.92. The van der Waals surface area contributed by atoms with Crippen LogP contribution in [0.1, 0.15) is 32.8 Å². The highest BCUT2D eigenvalue weighted by molar-refractivity contribution is 9.10. The van der Waals surface area contributed by atoms with Crippen molar-refractivity contribution in [3.63, 3.8) is 0 Å². The zero-order chi connectivity index (χ0) is 23.3. The van der Waals surface area contributed by atoms with E-state index in [4.69, 9.17) is 16.3 Å². The lowest BCUT2D eigenvalue weighted by molar-refractivity contribution is -0.138. The number of nitrogens with zero attached hydrogens (tertiary/aromatic N) is 4.